The molecule has 0 unspecified atom stereocenters. The van der Waals surface area contributed by atoms with Gasteiger partial charge in [-0.05, 0) is 13.8 Å². The predicted molar refractivity (Wildman–Crippen MR) is 60.9 cm³/mol. The molecule has 0 saturated carbocycles. The van der Waals surface area contributed by atoms with Crippen molar-refractivity contribution in [1.29, 1.82) is 0 Å². The van der Waals surface area contributed by atoms with E-state index in [1.807, 2.05) is 0 Å². The fourth-order valence-electron chi connectivity index (χ4n) is 1.90. The second-order valence-electron chi connectivity index (χ2n) is 4.59. The molecule has 1 aliphatic rings. The number of aromatic nitrogens is 2. The summed E-state index contributed by atoms with van der Waals surface area (Å²) in [7, 11) is 0. The first-order valence-electron chi connectivity index (χ1n) is 5.49. The number of aryl methyl sites for hydroxylation is 1. The van der Waals surface area contributed by atoms with Crippen LogP contribution in [0.4, 0.5) is 10.2 Å². The number of carbonyl (C=O) groups is 1. The van der Waals surface area contributed by atoms with E-state index in [2.05, 4.69) is 9.97 Å². The van der Waals surface area contributed by atoms with Gasteiger partial charge in [-0.2, -0.15) is 0 Å². The Balaban J connectivity index is 2.00. The van der Waals surface area contributed by atoms with Crippen molar-refractivity contribution in [1.82, 2.24) is 9.97 Å². The Bertz CT molecular complexity index is 475. The molecule has 18 heavy (non-hydrogen) atoms. The molecule has 0 amide bonds. The number of hydrogen-bond donors (Lipinski definition) is 1. The van der Waals surface area contributed by atoms with E-state index in [0.717, 1.165) is 0 Å². The van der Waals surface area contributed by atoms with E-state index in [0.29, 0.717) is 18.8 Å². The fraction of sp³-hybridized carbons (Fsp3) is 0.545. The van der Waals surface area contributed by atoms with Crippen LogP contribution in [0.15, 0.2) is 6.33 Å². The molecule has 2 rings (SSSR count). The maximum absolute atomic E-state index is 13.7. The van der Waals surface area contributed by atoms with Gasteiger partial charge in [0.05, 0.1) is 18.8 Å². The highest BCUT2D eigenvalue weighted by atomic mass is 19.1. The minimum atomic E-state index is -1.02. The van der Waals surface area contributed by atoms with Crippen molar-refractivity contribution in [3.05, 3.63) is 17.8 Å². The second-order valence-corrected chi connectivity index (χ2v) is 4.59. The van der Waals surface area contributed by atoms with E-state index in [1.165, 1.54) is 6.33 Å². The average Bonchev–Trinajstić information content (AvgIpc) is 2.27. The van der Waals surface area contributed by atoms with E-state index in [4.69, 9.17) is 9.84 Å². The molecule has 0 radical (unpaired) electrons. The highest BCUT2D eigenvalue weighted by molar-refractivity contribution is 5.68. The number of rotatable bonds is 4. The molecule has 1 saturated heterocycles. The molecule has 1 fully saturated rings. The van der Waals surface area contributed by atoms with Crippen LogP contribution in [0, 0.1) is 12.7 Å². The van der Waals surface area contributed by atoms with Crippen molar-refractivity contribution in [2.24, 2.45) is 0 Å². The van der Waals surface area contributed by atoms with E-state index in [9.17, 15) is 9.18 Å². The molecule has 0 spiro atoms. The average molecular weight is 255 g/mol. The SMILES string of the molecule is Cc1ncnc(N2CC(C)(OCC(=O)O)C2)c1F. The number of aliphatic carboxylic acids is 1. The lowest BCUT2D eigenvalue weighted by Crippen LogP contribution is -2.62. The van der Waals surface area contributed by atoms with Crippen molar-refractivity contribution in [3.63, 3.8) is 0 Å². The minimum Gasteiger partial charge on any atom is -0.480 e. The molecule has 6 nitrogen and oxygen atoms in total. The number of halogens is 1. The maximum Gasteiger partial charge on any atom is 0.329 e. The van der Waals surface area contributed by atoms with E-state index in [-0.39, 0.29) is 12.4 Å². The van der Waals surface area contributed by atoms with Crippen molar-refractivity contribution < 1.29 is 19.0 Å². The minimum absolute atomic E-state index is 0.235. The zero-order valence-electron chi connectivity index (χ0n) is 10.2. The van der Waals surface area contributed by atoms with Gasteiger partial charge in [0.1, 0.15) is 18.5 Å². The monoisotopic (exact) mass is 255 g/mol. The van der Waals surface area contributed by atoms with Gasteiger partial charge in [0, 0.05) is 0 Å². The van der Waals surface area contributed by atoms with Crippen LogP contribution < -0.4 is 4.90 Å². The number of nitrogens with zero attached hydrogens (tertiary/aromatic N) is 3. The smallest absolute Gasteiger partial charge is 0.329 e. The Morgan fingerprint density at radius 3 is 2.89 bits per heavy atom. The molecule has 1 aliphatic heterocycles. The van der Waals surface area contributed by atoms with Crippen LogP contribution in [-0.4, -0.2) is 46.3 Å². The summed E-state index contributed by atoms with van der Waals surface area (Å²) in [6, 6.07) is 0. The van der Waals surface area contributed by atoms with Gasteiger partial charge in [0.25, 0.3) is 0 Å². The first-order valence-corrected chi connectivity index (χ1v) is 5.49. The summed E-state index contributed by atoms with van der Waals surface area (Å²) < 4.78 is 19.0. The topological polar surface area (TPSA) is 75.5 Å². The third kappa shape index (κ3) is 2.40. The summed E-state index contributed by atoms with van der Waals surface area (Å²) in [6.45, 7) is 3.83. The van der Waals surface area contributed by atoms with Gasteiger partial charge in [-0.1, -0.05) is 0 Å². The zero-order valence-corrected chi connectivity index (χ0v) is 10.2. The Morgan fingerprint density at radius 1 is 1.61 bits per heavy atom. The standard InChI is InChI=1S/C11H14FN3O3/c1-7-9(12)10(14-6-13-7)15-4-11(2,5-15)18-3-8(16)17/h6H,3-5H2,1-2H3,(H,16,17). The highest BCUT2D eigenvalue weighted by Crippen LogP contribution is 2.30. The summed E-state index contributed by atoms with van der Waals surface area (Å²) in [5, 5.41) is 8.54. The predicted octanol–water partition coefficient (Wildman–Crippen LogP) is 0.604. The summed E-state index contributed by atoms with van der Waals surface area (Å²) in [5.74, 6) is -1.23. The van der Waals surface area contributed by atoms with Gasteiger partial charge < -0.3 is 14.7 Å². The first-order chi connectivity index (χ1) is 8.41. The molecule has 1 aromatic heterocycles. The number of hydrogen-bond acceptors (Lipinski definition) is 5. The number of ether oxygens (including phenoxy) is 1. The van der Waals surface area contributed by atoms with Gasteiger partial charge in [-0.15, -0.1) is 0 Å². The molecule has 0 atom stereocenters. The molecule has 1 aromatic rings. The molecule has 0 aromatic carbocycles. The molecule has 7 heteroatoms. The Kier molecular flexibility index (Phi) is 3.16. The third-order valence-corrected chi connectivity index (χ3v) is 2.84. The summed E-state index contributed by atoms with van der Waals surface area (Å²) in [6.07, 6.45) is 1.31. The van der Waals surface area contributed by atoms with Gasteiger partial charge in [0.15, 0.2) is 11.6 Å². The molecule has 0 aliphatic carbocycles. The number of carboxylic acids is 1. The van der Waals surface area contributed by atoms with Crippen LogP contribution in [0.2, 0.25) is 0 Å². The Hall–Kier alpha value is -1.76. The van der Waals surface area contributed by atoms with Gasteiger partial charge in [-0.3, -0.25) is 0 Å². The summed E-state index contributed by atoms with van der Waals surface area (Å²) in [4.78, 5) is 19.8. The van der Waals surface area contributed by atoms with Gasteiger partial charge in [-0.25, -0.2) is 19.2 Å². The first kappa shape index (κ1) is 12.7. The molecular formula is C11H14FN3O3. The van der Waals surface area contributed by atoms with Gasteiger partial charge in [0.2, 0.25) is 0 Å². The Labute approximate surface area is 103 Å². The number of anilines is 1. The van der Waals surface area contributed by atoms with Crippen LogP contribution in [0.25, 0.3) is 0 Å². The molecule has 0 bridgehead atoms. The lowest BCUT2D eigenvalue weighted by molar-refractivity contribution is -0.150. The zero-order chi connectivity index (χ0) is 13.3. The van der Waals surface area contributed by atoms with Crippen LogP contribution in [-0.2, 0) is 9.53 Å². The number of carboxylic acid groups (broad SMARTS) is 1. The quantitative estimate of drug-likeness (QED) is 0.849. The summed E-state index contributed by atoms with van der Waals surface area (Å²) in [5.41, 5.74) is -0.274. The lowest BCUT2D eigenvalue weighted by atomic mass is 9.96. The largest absolute Gasteiger partial charge is 0.480 e. The van der Waals surface area contributed by atoms with E-state index >= 15 is 0 Å². The summed E-state index contributed by atoms with van der Waals surface area (Å²) >= 11 is 0. The van der Waals surface area contributed by atoms with E-state index < -0.39 is 17.4 Å². The van der Waals surface area contributed by atoms with Gasteiger partial charge >= 0.3 is 5.97 Å². The van der Waals surface area contributed by atoms with Crippen molar-refractivity contribution >= 4 is 11.8 Å². The van der Waals surface area contributed by atoms with Crippen molar-refractivity contribution in [2.45, 2.75) is 19.4 Å². The lowest BCUT2D eigenvalue weighted by Gasteiger charge is -2.47. The van der Waals surface area contributed by atoms with Crippen LogP contribution in [0.1, 0.15) is 12.6 Å². The van der Waals surface area contributed by atoms with Crippen molar-refractivity contribution in [2.75, 3.05) is 24.6 Å². The molecule has 98 valence electrons. The second kappa shape index (κ2) is 4.49. The molecule has 2 heterocycles. The van der Waals surface area contributed by atoms with Crippen LogP contribution in [0.5, 0.6) is 0 Å². The molecule has 1 N–H and O–H groups in total. The van der Waals surface area contributed by atoms with E-state index in [1.54, 1.807) is 18.7 Å². The maximum atomic E-state index is 13.7. The highest BCUT2D eigenvalue weighted by Gasteiger charge is 2.42. The van der Waals surface area contributed by atoms with Crippen molar-refractivity contribution in [3.8, 4) is 0 Å². The normalized spacial score (nSPS) is 17.4. The third-order valence-electron chi connectivity index (χ3n) is 2.84. The van der Waals surface area contributed by atoms with Crippen LogP contribution >= 0.6 is 0 Å². The Morgan fingerprint density at radius 2 is 2.28 bits per heavy atom. The molecular weight excluding hydrogens is 241 g/mol. The fourth-order valence-corrected chi connectivity index (χ4v) is 1.90. The van der Waals surface area contributed by atoms with Crippen LogP contribution in [0.3, 0.4) is 0 Å².